The molecule has 1 spiro atoms. The lowest BCUT2D eigenvalue weighted by molar-refractivity contribution is -0.00265. The van der Waals surface area contributed by atoms with E-state index >= 15 is 0 Å². The first-order valence-corrected chi connectivity index (χ1v) is 8.67. The molecule has 1 aromatic carbocycles. The van der Waals surface area contributed by atoms with Crippen LogP contribution in [0.15, 0.2) is 24.3 Å². The van der Waals surface area contributed by atoms with Gasteiger partial charge < -0.3 is 26.0 Å². The molecule has 1 saturated heterocycles. The second-order valence-electron chi connectivity index (χ2n) is 6.98. The van der Waals surface area contributed by atoms with Crippen molar-refractivity contribution in [3.63, 3.8) is 0 Å². The van der Waals surface area contributed by atoms with Crippen LogP contribution in [0.2, 0.25) is 0 Å². The molecule has 0 radical (unpaired) electrons. The Kier molecular flexibility index (Phi) is 4.33. The summed E-state index contributed by atoms with van der Waals surface area (Å²) in [6, 6.07) is 6.94. The zero-order valence-electron chi connectivity index (χ0n) is 14.7. The minimum absolute atomic E-state index is 0.0835. The van der Waals surface area contributed by atoms with Gasteiger partial charge in [0, 0.05) is 26.1 Å². The summed E-state index contributed by atoms with van der Waals surface area (Å²) in [5.74, 6) is -0.105. The monoisotopic (exact) mass is 371 g/mol. The zero-order chi connectivity index (χ0) is 19.0. The Hall–Kier alpha value is -2.91. The molecular formula is C18H21N5O4. The van der Waals surface area contributed by atoms with E-state index in [-0.39, 0.29) is 11.5 Å². The molecular weight excluding hydrogens is 350 g/mol. The highest BCUT2D eigenvalue weighted by Gasteiger charge is 2.44. The average molecular weight is 371 g/mol. The first kappa shape index (κ1) is 17.5. The number of fused-ring (bicyclic) bond motifs is 1. The van der Waals surface area contributed by atoms with E-state index in [1.54, 1.807) is 18.2 Å². The van der Waals surface area contributed by atoms with Crippen LogP contribution < -0.4 is 16.2 Å². The van der Waals surface area contributed by atoms with Crippen molar-refractivity contribution < 1.29 is 19.4 Å². The molecule has 0 aliphatic carbocycles. The lowest BCUT2D eigenvalue weighted by Gasteiger charge is -2.31. The van der Waals surface area contributed by atoms with E-state index in [0.717, 1.165) is 11.1 Å². The summed E-state index contributed by atoms with van der Waals surface area (Å²) in [5, 5.41) is 9.19. The van der Waals surface area contributed by atoms with Crippen LogP contribution in [0.25, 0.3) is 0 Å². The number of nitrogens with two attached hydrogens (primary N) is 2. The number of anilines is 2. The number of nitrogen functional groups attached to an aromatic ring is 2. The zero-order valence-corrected chi connectivity index (χ0v) is 14.7. The molecule has 9 heteroatoms. The fourth-order valence-electron chi connectivity index (χ4n) is 3.66. The van der Waals surface area contributed by atoms with Crippen molar-refractivity contribution in [3.8, 4) is 5.88 Å². The van der Waals surface area contributed by atoms with E-state index in [9.17, 15) is 9.90 Å². The topological polar surface area (TPSA) is 137 Å². The number of rotatable bonds is 3. The molecule has 4 rings (SSSR count). The summed E-state index contributed by atoms with van der Waals surface area (Å²) >= 11 is 0. The molecule has 142 valence electrons. The number of carboxylic acid groups (broad SMARTS) is 1. The molecule has 0 unspecified atom stereocenters. The Balaban J connectivity index is 1.54. The smallest absolute Gasteiger partial charge is 0.335 e. The van der Waals surface area contributed by atoms with Gasteiger partial charge in [0.2, 0.25) is 11.8 Å². The van der Waals surface area contributed by atoms with E-state index in [2.05, 4.69) is 14.9 Å². The number of carboxylic acids is 1. The lowest BCUT2D eigenvalue weighted by Crippen LogP contribution is -2.48. The van der Waals surface area contributed by atoms with Gasteiger partial charge >= 0.3 is 5.97 Å². The predicted octanol–water partition coefficient (Wildman–Crippen LogP) is 0.545. The minimum Gasteiger partial charge on any atom is -0.478 e. The molecule has 0 saturated carbocycles. The van der Waals surface area contributed by atoms with Crippen LogP contribution in [0, 0.1) is 0 Å². The average Bonchev–Trinajstić information content (AvgIpc) is 2.85. The molecule has 5 N–H and O–H groups in total. The van der Waals surface area contributed by atoms with Crippen LogP contribution in [-0.4, -0.2) is 57.8 Å². The Bertz CT molecular complexity index is 890. The van der Waals surface area contributed by atoms with Crippen LogP contribution >= 0.6 is 0 Å². The molecule has 9 nitrogen and oxygen atoms in total. The van der Waals surface area contributed by atoms with Gasteiger partial charge in [0.25, 0.3) is 0 Å². The van der Waals surface area contributed by atoms with Crippen molar-refractivity contribution in [3.05, 3.63) is 41.0 Å². The van der Waals surface area contributed by atoms with Crippen LogP contribution in [0.3, 0.4) is 0 Å². The molecule has 1 atom stereocenters. The molecule has 0 amide bonds. The fourth-order valence-corrected chi connectivity index (χ4v) is 3.66. The van der Waals surface area contributed by atoms with E-state index in [1.165, 1.54) is 0 Å². The van der Waals surface area contributed by atoms with Crippen LogP contribution in [0.4, 0.5) is 11.8 Å². The number of aromatic nitrogens is 2. The third-order valence-electron chi connectivity index (χ3n) is 4.84. The molecule has 1 fully saturated rings. The Labute approximate surface area is 155 Å². The number of ether oxygens (including phenoxy) is 2. The maximum Gasteiger partial charge on any atom is 0.335 e. The van der Waals surface area contributed by atoms with Gasteiger partial charge in [-0.25, -0.2) is 4.79 Å². The summed E-state index contributed by atoms with van der Waals surface area (Å²) in [7, 11) is 0. The van der Waals surface area contributed by atoms with Crippen molar-refractivity contribution in [1.29, 1.82) is 0 Å². The normalized spacial score (nSPS) is 22.2. The predicted molar refractivity (Wildman–Crippen MR) is 97.4 cm³/mol. The number of carbonyl (C=O) groups is 1. The summed E-state index contributed by atoms with van der Waals surface area (Å²) in [4.78, 5) is 21.6. The van der Waals surface area contributed by atoms with Gasteiger partial charge in [-0.15, -0.1) is 0 Å². The molecule has 27 heavy (non-hydrogen) atoms. The lowest BCUT2D eigenvalue weighted by atomic mass is 9.97. The number of aromatic carboxylic acids is 1. The Morgan fingerprint density at radius 2 is 2.19 bits per heavy atom. The molecule has 1 aromatic heterocycles. The Morgan fingerprint density at radius 3 is 3.00 bits per heavy atom. The molecule has 2 aliphatic heterocycles. The second-order valence-corrected chi connectivity index (χ2v) is 6.98. The van der Waals surface area contributed by atoms with E-state index < -0.39 is 11.6 Å². The molecule has 2 aromatic rings. The highest BCUT2D eigenvalue weighted by molar-refractivity contribution is 5.87. The van der Waals surface area contributed by atoms with E-state index in [4.69, 9.17) is 20.9 Å². The maximum absolute atomic E-state index is 11.2. The van der Waals surface area contributed by atoms with Gasteiger partial charge in [-0.3, -0.25) is 4.90 Å². The second kappa shape index (κ2) is 6.67. The standard InChI is InChI=1S/C18H21N5O4/c19-14-13-7-18(27-15(13)22-17(20)21-14)9-23(4-5-26-10-18)8-11-2-1-3-12(6-11)16(24)25/h1-3,6H,4-5,7-10H2,(H,24,25)(H4,19,20,21,22)/t18-/m1/s1. The summed E-state index contributed by atoms with van der Waals surface area (Å²) in [5.41, 5.74) is 13.0. The Morgan fingerprint density at radius 1 is 1.33 bits per heavy atom. The van der Waals surface area contributed by atoms with Crippen molar-refractivity contribution >= 4 is 17.7 Å². The largest absolute Gasteiger partial charge is 0.478 e. The van der Waals surface area contributed by atoms with Crippen molar-refractivity contribution in [2.45, 2.75) is 18.6 Å². The molecule has 0 bridgehead atoms. The third-order valence-corrected chi connectivity index (χ3v) is 4.84. The first-order valence-electron chi connectivity index (χ1n) is 8.67. The van der Waals surface area contributed by atoms with Crippen LogP contribution in [0.1, 0.15) is 21.5 Å². The van der Waals surface area contributed by atoms with Gasteiger partial charge in [-0.1, -0.05) is 12.1 Å². The molecule has 3 heterocycles. The van der Waals surface area contributed by atoms with Gasteiger partial charge in [-0.05, 0) is 17.7 Å². The summed E-state index contributed by atoms with van der Waals surface area (Å²) in [6.45, 7) is 2.87. The van der Waals surface area contributed by atoms with Crippen molar-refractivity contribution in [1.82, 2.24) is 14.9 Å². The highest BCUT2D eigenvalue weighted by atomic mass is 16.6. The van der Waals surface area contributed by atoms with Gasteiger partial charge in [0.15, 0.2) is 5.60 Å². The quantitative estimate of drug-likeness (QED) is 0.706. The van der Waals surface area contributed by atoms with E-state index in [1.807, 2.05) is 6.07 Å². The first-order chi connectivity index (χ1) is 12.9. The van der Waals surface area contributed by atoms with Crippen molar-refractivity contribution in [2.75, 3.05) is 37.8 Å². The van der Waals surface area contributed by atoms with Gasteiger partial charge in [0.1, 0.15) is 5.82 Å². The number of benzene rings is 1. The maximum atomic E-state index is 11.2. The van der Waals surface area contributed by atoms with Gasteiger partial charge in [-0.2, -0.15) is 9.97 Å². The fraction of sp³-hybridized carbons (Fsp3) is 0.389. The summed E-state index contributed by atoms with van der Waals surface area (Å²) < 4.78 is 11.9. The van der Waals surface area contributed by atoms with E-state index in [0.29, 0.717) is 51.0 Å². The number of nitrogens with zero attached hydrogens (tertiary/aromatic N) is 3. The van der Waals surface area contributed by atoms with Crippen LogP contribution in [-0.2, 0) is 17.7 Å². The number of hydrogen-bond donors (Lipinski definition) is 3. The minimum atomic E-state index is -0.936. The van der Waals surface area contributed by atoms with Crippen molar-refractivity contribution in [2.24, 2.45) is 0 Å². The third kappa shape index (κ3) is 3.51. The molecule has 2 aliphatic rings. The SMILES string of the molecule is Nc1nc(N)c2c(n1)O[C@]1(COCCN(Cc3cccc(C(=O)O)c3)C1)C2. The van der Waals surface area contributed by atoms with Gasteiger partial charge in [0.05, 0.1) is 24.3 Å². The summed E-state index contributed by atoms with van der Waals surface area (Å²) in [6.07, 6.45) is 0.542. The van der Waals surface area contributed by atoms with Crippen LogP contribution in [0.5, 0.6) is 5.88 Å². The highest BCUT2D eigenvalue weighted by Crippen LogP contribution is 2.38. The number of hydrogen-bond acceptors (Lipinski definition) is 8.